The molecule has 8 heteroatoms. The number of rotatable bonds is 6. The van der Waals surface area contributed by atoms with Crippen LogP contribution >= 0.6 is 0 Å². The van der Waals surface area contributed by atoms with Crippen molar-refractivity contribution >= 4 is 22.0 Å². The lowest BCUT2D eigenvalue weighted by atomic mass is 9.97. The third-order valence-corrected chi connectivity index (χ3v) is 6.44. The van der Waals surface area contributed by atoms with Crippen molar-refractivity contribution in [2.24, 2.45) is 5.92 Å². The first-order valence-electron chi connectivity index (χ1n) is 9.30. The van der Waals surface area contributed by atoms with Crippen molar-refractivity contribution in [3.8, 4) is 0 Å². The number of hydrogen-bond acceptors (Lipinski definition) is 3. The van der Waals surface area contributed by atoms with Gasteiger partial charge in [-0.2, -0.15) is 4.31 Å². The third kappa shape index (κ3) is 5.71. The minimum Gasteiger partial charge on any atom is -0.352 e. The molecule has 2 aromatic rings. The Kier molecular flexibility index (Phi) is 6.76. The van der Waals surface area contributed by atoms with E-state index in [0.29, 0.717) is 12.8 Å². The number of amides is 1. The summed E-state index contributed by atoms with van der Waals surface area (Å²) in [6, 6.07) is 12.2. The van der Waals surface area contributed by atoms with Crippen LogP contribution in [-0.4, -0.2) is 31.7 Å². The fourth-order valence-electron chi connectivity index (χ4n) is 3.19. The molecule has 0 radical (unpaired) electrons. The number of sulfonamides is 1. The summed E-state index contributed by atoms with van der Waals surface area (Å²) in [7, 11) is -3.57. The van der Waals surface area contributed by atoms with Gasteiger partial charge in [0, 0.05) is 36.5 Å². The van der Waals surface area contributed by atoms with Crippen molar-refractivity contribution in [2.45, 2.75) is 19.4 Å². The lowest BCUT2D eigenvalue weighted by Crippen LogP contribution is -2.42. The minimum absolute atomic E-state index is 0.0735. The lowest BCUT2D eigenvalue weighted by Gasteiger charge is -2.29. The summed E-state index contributed by atoms with van der Waals surface area (Å²) in [6.07, 6.45) is 2.29. The molecule has 2 aromatic carbocycles. The fraction of sp³-hybridized carbons (Fsp3) is 0.286. The average molecular weight is 420 g/mol. The summed E-state index contributed by atoms with van der Waals surface area (Å²) in [4.78, 5) is 12.3. The highest BCUT2D eigenvalue weighted by Gasteiger charge is 2.29. The summed E-state index contributed by atoms with van der Waals surface area (Å²) in [6.45, 7) is 0.350. The molecule has 154 valence electrons. The number of carbonyl (C=O) groups is 1. The van der Waals surface area contributed by atoms with Crippen LogP contribution in [0.2, 0.25) is 0 Å². The Bertz CT molecular complexity index is 986. The van der Waals surface area contributed by atoms with Gasteiger partial charge in [0.05, 0.1) is 0 Å². The predicted octanol–water partition coefficient (Wildman–Crippen LogP) is 3.29. The molecular weight excluding hydrogens is 398 g/mol. The molecule has 1 aliphatic rings. The number of piperidine rings is 1. The van der Waals surface area contributed by atoms with E-state index in [4.69, 9.17) is 0 Å². The lowest BCUT2D eigenvalue weighted by molar-refractivity contribution is -0.126. The van der Waals surface area contributed by atoms with Gasteiger partial charge in [-0.25, -0.2) is 17.2 Å². The van der Waals surface area contributed by atoms with Crippen LogP contribution in [0.3, 0.4) is 0 Å². The van der Waals surface area contributed by atoms with E-state index >= 15 is 0 Å². The molecule has 0 saturated carbocycles. The topological polar surface area (TPSA) is 66.5 Å². The maximum Gasteiger partial charge on any atom is 0.236 e. The van der Waals surface area contributed by atoms with Crippen LogP contribution in [0.15, 0.2) is 53.9 Å². The second-order valence-electron chi connectivity index (χ2n) is 6.89. The second kappa shape index (κ2) is 9.28. The Hall–Kier alpha value is -2.58. The first kappa shape index (κ1) is 21.1. The molecule has 0 unspecified atom stereocenters. The van der Waals surface area contributed by atoms with E-state index in [9.17, 15) is 22.0 Å². The molecule has 3 rings (SSSR count). The van der Waals surface area contributed by atoms with Gasteiger partial charge in [0.1, 0.15) is 11.6 Å². The normalized spacial score (nSPS) is 16.2. The summed E-state index contributed by atoms with van der Waals surface area (Å²) >= 11 is 0. The molecule has 5 nitrogen and oxygen atoms in total. The van der Waals surface area contributed by atoms with Crippen LogP contribution in [0.4, 0.5) is 8.78 Å². The SMILES string of the molecule is O=C(NCc1cc(F)ccc1F)C1CCN(S(=O)(=O)/C=C/c2ccccc2)CC1. The Morgan fingerprint density at radius 2 is 1.79 bits per heavy atom. The van der Waals surface area contributed by atoms with E-state index in [1.165, 1.54) is 9.71 Å². The van der Waals surface area contributed by atoms with Crippen molar-refractivity contribution in [2.75, 3.05) is 13.1 Å². The zero-order valence-electron chi connectivity index (χ0n) is 15.7. The predicted molar refractivity (Wildman–Crippen MR) is 107 cm³/mol. The number of carbonyl (C=O) groups excluding carboxylic acids is 1. The first-order valence-corrected chi connectivity index (χ1v) is 10.8. The molecule has 0 bridgehead atoms. The first-order chi connectivity index (χ1) is 13.8. The van der Waals surface area contributed by atoms with Crippen LogP contribution in [0.1, 0.15) is 24.0 Å². The molecule has 0 atom stereocenters. The van der Waals surface area contributed by atoms with Gasteiger partial charge >= 0.3 is 0 Å². The zero-order chi connectivity index (χ0) is 20.9. The van der Waals surface area contributed by atoms with Gasteiger partial charge in [0.2, 0.25) is 15.9 Å². The highest BCUT2D eigenvalue weighted by atomic mass is 32.2. The molecule has 0 aliphatic carbocycles. The van der Waals surface area contributed by atoms with Crippen molar-refractivity contribution in [1.29, 1.82) is 0 Å². The van der Waals surface area contributed by atoms with E-state index < -0.39 is 21.7 Å². The largest absolute Gasteiger partial charge is 0.352 e. The molecule has 1 heterocycles. The highest BCUT2D eigenvalue weighted by Crippen LogP contribution is 2.21. The van der Waals surface area contributed by atoms with Gasteiger partial charge in [-0.1, -0.05) is 30.3 Å². The fourth-order valence-corrected chi connectivity index (χ4v) is 4.41. The van der Waals surface area contributed by atoms with Crippen LogP contribution < -0.4 is 5.32 Å². The number of benzene rings is 2. The van der Waals surface area contributed by atoms with Gasteiger partial charge in [-0.05, 0) is 42.7 Å². The smallest absolute Gasteiger partial charge is 0.236 e. The van der Waals surface area contributed by atoms with Crippen molar-refractivity contribution < 1.29 is 22.0 Å². The second-order valence-corrected chi connectivity index (χ2v) is 8.70. The third-order valence-electron chi connectivity index (χ3n) is 4.88. The van der Waals surface area contributed by atoms with Crippen LogP contribution in [-0.2, 0) is 21.4 Å². The van der Waals surface area contributed by atoms with Crippen LogP contribution in [0.25, 0.3) is 6.08 Å². The Morgan fingerprint density at radius 3 is 2.48 bits per heavy atom. The van der Waals surface area contributed by atoms with E-state index in [2.05, 4.69) is 5.32 Å². The molecule has 0 spiro atoms. The van der Waals surface area contributed by atoms with Crippen LogP contribution in [0.5, 0.6) is 0 Å². The zero-order valence-corrected chi connectivity index (χ0v) is 16.5. The maximum atomic E-state index is 13.6. The Balaban J connectivity index is 1.52. The van der Waals surface area contributed by atoms with Crippen molar-refractivity contribution in [3.05, 3.63) is 76.7 Å². The molecule has 1 aliphatic heterocycles. The highest BCUT2D eigenvalue weighted by molar-refractivity contribution is 7.92. The van der Waals surface area contributed by atoms with E-state index in [-0.39, 0.29) is 37.0 Å². The number of nitrogens with one attached hydrogen (secondary N) is 1. The Morgan fingerprint density at radius 1 is 1.10 bits per heavy atom. The number of nitrogens with zero attached hydrogens (tertiary/aromatic N) is 1. The Labute approximate surface area is 169 Å². The van der Waals surface area contributed by atoms with Crippen molar-refractivity contribution in [3.63, 3.8) is 0 Å². The maximum absolute atomic E-state index is 13.6. The summed E-state index contributed by atoms with van der Waals surface area (Å²) < 4.78 is 53.2. The molecule has 1 amide bonds. The quantitative estimate of drug-likeness (QED) is 0.780. The average Bonchev–Trinajstić information content (AvgIpc) is 2.73. The van der Waals surface area contributed by atoms with Gasteiger partial charge in [0.15, 0.2) is 0 Å². The number of halogens is 2. The molecule has 0 aromatic heterocycles. The van der Waals surface area contributed by atoms with E-state index in [1.54, 1.807) is 6.08 Å². The summed E-state index contributed by atoms with van der Waals surface area (Å²) in [5.41, 5.74) is 0.860. The molecular formula is C21H22F2N2O3S. The molecule has 29 heavy (non-hydrogen) atoms. The van der Waals surface area contributed by atoms with Gasteiger partial charge in [-0.15, -0.1) is 0 Å². The van der Waals surface area contributed by atoms with Gasteiger partial charge in [0.25, 0.3) is 0 Å². The van der Waals surface area contributed by atoms with E-state index in [0.717, 1.165) is 23.8 Å². The molecule has 1 saturated heterocycles. The number of hydrogen-bond donors (Lipinski definition) is 1. The minimum atomic E-state index is -3.57. The van der Waals surface area contributed by atoms with Gasteiger partial charge < -0.3 is 5.32 Å². The standard InChI is InChI=1S/C21H22F2N2O3S/c22-19-6-7-20(23)18(14-19)15-24-21(26)17-8-11-25(12-9-17)29(27,28)13-10-16-4-2-1-3-5-16/h1-7,10,13-14,17H,8-9,11-12,15H2,(H,24,26)/b13-10+. The molecule has 1 fully saturated rings. The van der Waals surface area contributed by atoms with Crippen molar-refractivity contribution in [1.82, 2.24) is 9.62 Å². The summed E-state index contributed by atoms with van der Waals surface area (Å²) in [5.74, 6) is -1.81. The summed E-state index contributed by atoms with van der Waals surface area (Å²) in [5, 5.41) is 3.79. The van der Waals surface area contributed by atoms with E-state index in [1.807, 2.05) is 30.3 Å². The molecule has 1 N–H and O–H groups in total. The van der Waals surface area contributed by atoms with Crippen LogP contribution in [0, 0.1) is 17.6 Å². The monoisotopic (exact) mass is 420 g/mol. The van der Waals surface area contributed by atoms with Gasteiger partial charge in [-0.3, -0.25) is 4.79 Å².